The van der Waals surface area contributed by atoms with E-state index in [0.717, 1.165) is 31.3 Å². The van der Waals surface area contributed by atoms with Crippen LogP contribution >= 0.6 is 0 Å². The molecule has 9 nitrogen and oxygen atoms in total. The largest absolute Gasteiger partial charge is 0.493 e. The van der Waals surface area contributed by atoms with Crippen LogP contribution in [0.2, 0.25) is 0 Å². The fourth-order valence-corrected chi connectivity index (χ4v) is 3.83. The molecule has 1 fully saturated rings. The number of nitrogens with zero attached hydrogens (tertiary/aromatic N) is 4. The van der Waals surface area contributed by atoms with Crippen LogP contribution in [0.4, 0.5) is 0 Å². The van der Waals surface area contributed by atoms with Gasteiger partial charge in [0.05, 0.1) is 25.9 Å². The highest BCUT2D eigenvalue weighted by molar-refractivity contribution is 5.92. The molecule has 32 heavy (non-hydrogen) atoms. The molecular weight excluding hydrogens is 408 g/mol. The molecule has 2 aromatic rings. The van der Waals surface area contributed by atoms with Crippen molar-refractivity contribution in [3.63, 3.8) is 0 Å². The number of nitrogens with two attached hydrogens (primary N) is 1. The molecule has 0 radical (unpaired) electrons. The number of methoxy groups -OCH3 is 2. The Hall–Kier alpha value is -2.75. The second-order valence-corrected chi connectivity index (χ2v) is 8.44. The number of likely N-dealkylation sites (N-methyl/N-ethyl adjacent to an activating group) is 1. The Bertz CT molecular complexity index is 970. The fourth-order valence-electron chi connectivity index (χ4n) is 3.83. The summed E-state index contributed by atoms with van der Waals surface area (Å²) in [7, 11) is 9.27. The molecule has 1 aliphatic rings. The lowest BCUT2D eigenvalue weighted by Crippen LogP contribution is -2.49. The zero-order valence-electron chi connectivity index (χ0n) is 19.6. The summed E-state index contributed by atoms with van der Waals surface area (Å²) in [6.07, 6.45) is 5.88. The molecule has 0 spiro atoms. The van der Waals surface area contributed by atoms with Crippen LogP contribution < -0.4 is 20.5 Å². The second kappa shape index (κ2) is 10.7. The Labute approximate surface area is 189 Å². The van der Waals surface area contributed by atoms with Crippen molar-refractivity contribution < 1.29 is 14.3 Å². The lowest BCUT2D eigenvalue weighted by Gasteiger charge is -2.34. The average molecular weight is 443 g/mol. The first-order chi connectivity index (χ1) is 15.3. The quantitative estimate of drug-likeness (QED) is 0.440. The van der Waals surface area contributed by atoms with Gasteiger partial charge in [0.25, 0.3) is 0 Å². The van der Waals surface area contributed by atoms with Gasteiger partial charge in [0.2, 0.25) is 5.91 Å². The van der Waals surface area contributed by atoms with Crippen molar-refractivity contribution >= 4 is 16.8 Å². The summed E-state index contributed by atoms with van der Waals surface area (Å²) in [5.41, 5.74) is 6.92. The lowest BCUT2D eigenvalue weighted by atomic mass is 10.0. The van der Waals surface area contributed by atoms with E-state index in [0.29, 0.717) is 34.5 Å². The number of piperidine rings is 1. The maximum Gasteiger partial charge on any atom is 0.244 e. The Morgan fingerprint density at radius 2 is 1.94 bits per heavy atom. The van der Waals surface area contributed by atoms with Gasteiger partial charge >= 0.3 is 0 Å². The third-order valence-electron chi connectivity index (χ3n) is 5.84. The Kier molecular flexibility index (Phi) is 8.00. The number of carbonyl (C=O) groups is 1. The number of ether oxygens (including phenoxy) is 2. The van der Waals surface area contributed by atoms with Gasteiger partial charge in [-0.25, -0.2) is 9.97 Å². The van der Waals surface area contributed by atoms with E-state index in [9.17, 15) is 4.79 Å². The van der Waals surface area contributed by atoms with Crippen molar-refractivity contribution in [1.29, 1.82) is 0 Å². The molecule has 1 amide bonds. The Balaban J connectivity index is 1.83. The topological polar surface area (TPSA) is 106 Å². The second-order valence-electron chi connectivity index (χ2n) is 8.44. The molecule has 1 aliphatic heterocycles. The summed E-state index contributed by atoms with van der Waals surface area (Å²) < 4.78 is 10.7. The SMILES string of the molecule is COc1cc2cnc(CC(=CC(NC3CCN(C)CC3)N(C)C)C(N)=O)nc2cc1OC. The van der Waals surface area contributed by atoms with Crippen LogP contribution in [0.25, 0.3) is 10.9 Å². The van der Waals surface area contributed by atoms with Gasteiger partial charge in [0.15, 0.2) is 11.5 Å². The maximum absolute atomic E-state index is 12.3. The Morgan fingerprint density at radius 3 is 2.53 bits per heavy atom. The van der Waals surface area contributed by atoms with Gasteiger partial charge in [-0.1, -0.05) is 0 Å². The molecule has 1 saturated heterocycles. The van der Waals surface area contributed by atoms with E-state index >= 15 is 0 Å². The van der Waals surface area contributed by atoms with E-state index in [2.05, 4.69) is 27.2 Å². The van der Waals surface area contributed by atoms with Crippen molar-refractivity contribution in [2.24, 2.45) is 5.73 Å². The summed E-state index contributed by atoms with van der Waals surface area (Å²) in [5, 5.41) is 4.47. The predicted molar refractivity (Wildman–Crippen MR) is 125 cm³/mol. The predicted octanol–water partition coefficient (Wildman–Crippen LogP) is 1.17. The maximum atomic E-state index is 12.3. The van der Waals surface area contributed by atoms with Crippen molar-refractivity contribution in [2.45, 2.75) is 31.5 Å². The molecule has 3 rings (SSSR count). The van der Waals surface area contributed by atoms with E-state index in [-0.39, 0.29) is 12.6 Å². The average Bonchev–Trinajstić information content (AvgIpc) is 2.78. The van der Waals surface area contributed by atoms with Gasteiger partial charge in [-0.3, -0.25) is 15.0 Å². The molecule has 1 unspecified atom stereocenters. The minimum Gasteiger partial charge on any atom is -0.493 e. The van der Waals surface area contributed by atoms with Crippen LogP contribution in [-0.2, 0) is 11.2 Å². The van der Waals surface area contributed by atoms with Gasteiger partial charge in [0.1, 0.15) is 5.82 Å². The number of benzene rings is 1. The molecule has 3 N–H and O–H groups in total. The first-order valence-electron chi connectivity index (χ1n) is 10.8. The first kappa shape index (κ1) is 23.9. The van der Waals surface area contributed by atoms with Crippen LogP contribution in [0, 0.1) is 0 Å². The van der Waals surface area contributed by atoms with Gasteiger partial charge in [-0.15, -0.1) is 0 Å². The first-order valence-corrected chi connectivity index (χ1v) is 10.8. The molecule has 9 heteroatoms. The van der Waals surface area contributed by atoms with Gasteiger partial charge in [0, 0.05) is 35.7 Å². The zero-order valence-corrected chi connectivity index (χ0v) is 19.6. The number of nitrogens with one attached hydrogen (secondary N) is 1. The minimum absolute atomic E-state index is 0.115. The van der Waals surface area contributed by atoms with Crippen LogP contribution in [0.1, 0.15) is 18.7 Å². The zero-order chi connectivity index (χ0) is 23.3. The third-order valence-corrected chi connectivity index (χ3v) is 5.84. The number of carbonyl (C=O) groups excluding carboxylic acids is 1. The van der Waals surface area contributed by atoms with Crippen LogP contribution in [-0.4, -0.2) is 86.3 Å². The molecule has 174 valence electrons. The molecule has 1 aromatic carbocycles. The molecule has 2 heterocycles. The van der Waals surface area contributed by atoms with E-state index in [1.807, 2.05) is 31.1 Å². The lowest BCUT2D eigenvalue weighted by molar-refractivity contribution is -0.114. The molecule has 0 aliphatic carbocycles. The van der Waals surface area contributed by atoms with Gasteiger partial charge in [-0.2, -0.15) is 0 Å². The highest BCUT2D eigenvalue weighted by Crippen LogP contribution is 2.31. The van der Waals surface area contributed by atoms with Gasteiger partial charge < -0.3 is 20.1 Å². The van der Waals surface area contributed by atoms with Crippen molar-refractivity contribution in [3.05, 3.63) is 35.8 Å². The van der Waals surface area contributed by atoms with E-state index in [1.54, 1.807) is 26.5 Å². The minimum atomic E-state index is -0.474. The Morgan fingerprint density at radius 1 is 1.28 bits per heavy atom. The number of aromatic nitrogens is 2. The van der Waals surface area contributed by atoms with Crippen molar-refractivity contribution in [3.8, 4) is 11.5 Å². The fraction of sp³-hybridized carbons (Fsp3) is 0.522. The number of primary amides is 1. The third kappa shape index (κ3) is 5.93. The van der Waals surface area contributed by atoms with Crippen LogP contribution in [0.5, 0.6) is 11.5 Å². The summed E-state index contributed by atoms with van der Waals surface area (Å²) in [6.45, 7) is 2.12. The van der Waals surface area contributed by atoms with Crippen LogP contribution in [0.15, 0.2) is 30.0 Å². The summed E-state index contributed by atoms with van der Waals surface area (Å²) in [5.74, 6) is 1.25. The number of rotatable bonds is 9. The van der Waals surface area contributed by atoms with E-state index in [4.69, 9.17) is 15.2 Å². The highest BCUT2D eigenvalue weighted by atomic mass is 16.5. The highest BCUT2D eigenvalue weighted by Gasteiger charge is 2.21. The number of hydrogen-bond donors (Lipinski definition) is 2. The molecule has 0 bridgehead atoms. The molecule has 1 atom stereocenters. The number of amides is 1. The summed E-state index contributed by atoms with van der Waals surface area (Å²) in [6, 6.07) is 4.02. The number of likely N-dealkylation sites (tertiary alicyclic amines) is 1. The molecule has 1 aromatic heterocycles. The molecular formula is C23H34N6O3. The van der Waals surface area contributed by atoms with E-state index < -0.39 is 5.91 Å². The smallest absolute Gasteiger partial charge is 0.244 e. The number of hydrogen-bond acceptors (Lipinski definition) is 8. The summed E-state index contributed by atoms with van der Waals surface area (Å²) >= 11 is 0. The monoisotopic (exact) mass is 442 g/mol. The summed E-state index contributed by atoms with van der Waals surface area (Å²) in [4.78, 5) is 25.7. The molecule has 0 saturated carbocycles. The number of fused-ring (bicyclic) bond motifs is 1. The van der Waals surface area contributed by atoms with Crippen molar-refractivity contribution in [1.82, 2.24) is 25.1 Å². The van der Waals surface area contributed by atoms with Gasteiger partial charge in [-0.05, 0) is 59.2 Å². The normalized spacial score (nSPS) is 17.0. The van der Waals surface area contributed by atoms with Crippen molar-refractivity contribution in [2.75, 3.05) is 48.5 Å². The van der Waals surface area contributed by atoms with Crippen LogP contribution in [0.3, 0.4) is 0 Å². The van der Waals surface area contributed by atoms with E-state index in [1.165, 1.54) is 0 Å². The standard InChI is InChI=1S/C23H34N6O3/c1-28(2)22(26-17-6-8-29(3)9-7-17)12-15(23(24)30)11-21-25-14-16-10-19(31-4)20(32-5)13-18(16)27-21/h10,12-14,17,22,26H,6-9,11H2,1-5H3,(H2,24,30).